The molecule has 8 heteroatoms. The van der Waals surface area contributed by atoms with E-state index in [0.29, 0.717) is 36.9 Å². The van der Waals surface area contributed by atoms with E-state index in [0.717, 1.165) is 17.7 Å². The lowest BCUT2D eigenvalue weighted by Crippen LogP contribution is -2.67. The van der Waals surface area contributed by atoms with Crippen molar-refractivity contribution in [2.45, 2.75) is 43.3 Å². The van der Waals surface area contributed by atoms with Crippen molar-refractivity contribution < 1.29 is 17.9 Å². The Morgan fingerprint density at radius 1 is 1.19 bits per heavy atom. The molecule has 0 saturated carbocycles. The fourth-order valence-electron chi connectivity index (χ4n) is 3.60. The molecule has 4 rings (SSSR count). The predicted molar refractivity (Wildman–Crippen MR) is 99.0 cm³/mol. The summed E-state index contributed by atoms with van der Waals surface area (Å²) in [5.74, 6) is 0.500. The third-order valence-corrected chi connectivity index (χ3v) is 6.86. The highest BCUT2D eigenvalue weighted by Gasteiger charge is 2.52. The molecular weight excluding hydrogens is 366 g/mol. The van der Waals surface area contributed by atoms with Crippen LogP contribution in [0.2, 0.25) is 0 Å². The molecule has 2 fully saturated rings. The van der Waals surface area contributed by atoms with Gasteiger partial charge >= 0.3 is 0 Å². The van der Waals surface area contributed by atoms with Crippen molar-refractivity contribution >= 4 is 10.0 Å². The van der Waals surface area contributed by atoms with Gasteiger partial charge in [-0.15, -0.1) is 0 Å². The van der Waals surface area contributed by atoms with Crippen molar-refractivity contribution in [2.75, 3.05) is 19.7 Å². The third kappa shape index (κ3) is 3.69. The minimum atomic E-state index is -3.49. The van der Waals surface area contributed by atoms with Gasteiger partial charge in [-0.2, -0.15) is 4.31 Å². The zero-order chi connectivity index (χ0) is 19.1. The number of hydrogen-bond acceptors (Lipinski definition) is 6. The van der Waals surface area contributed by atoms with Gasteiger partial charge in [0.25, 0.3) is 0 Å². The zero-order valence-corrected chi connectivity index (χ0v) is 16.3. The lowest BCUT2D eigenvalue weighted by atomic mass is 9.86. The van der Waals surface area contributed by atoms with Crippen molar-refractivity contribution in [1.82, 2.24) is 14.3 Å². The van der Waals surface area contributed by atoms with Crippen LogP contribution in [0.5, 0.6) is 5.88 Å². The maximum absolute atomic E-state index is 12.8. The smallest absolute Gasteiger partial charge is 0.243 e. The number of ether oxygens (including phenoxy) is 2. The van der Waals surface area contributed by atoms with E-state index in [1.807, 2.05) is 26.0 Å². The first-order valence-corrected chi connectivity index (χ1v) is 10.5. The molecule has 7 nitrogen and oxygen atoms in total. The Balaban J connectivity index is 1.41. The maximum atomic E-state index is 12.8. The number of rotatable bonds is 4. The molecule has 2 aliphatic heterocycles. The summed E-state index contributed by atoms with van der Waals surface area (Å²) in [7, 11) is -3.49. The fraction of sp³-hybridized carbons (Fsp3) is 0.474. The Labute approximate surface area is 159 Å². The Bertz CT molecular complexity index is 924. The first-order chi connectivity index (χ1) is 12.9. The number of nitrogens with zero attached hydrogens (tertiary/aromatic N) is 3. The van der Waals surface area contributed by atoms with Crippen molar-refractivity contribution in [3.05, 3.63) is 47.9 Å². The van der Waals surface area contributed by atoms with Gasteiger partial charge in [0.2, 0.25) is 15.9 Å². The largest absolute Gasteiger partial charge is 0.473 e. The van der Waals surface area contributed by atoms with Crippen LogP contribution in [0.15, 0.2) is 41.6 Å². The third-order valence-electron chi connectivity index (χ3n) is 5.06. The second kappa shape index (κ2) is 6.85. The van der Waals surface area contributed by atoms with Crippen LogP contribution >= 0.6 is 0 Å². The van der Waals surface area contributed by atoms with Gasteiger partial charge in [0.05, 0.1) is 29.0 Å². The zero-order valence-electron chi connectivity index (χ0n) is 15.5. The highest BCUT2D eigenvalue weighted by Crippen LogP contribution is 2.38. The van der Waals surface area contributed by atoms with Crippen LogP contribution in [0.3, 0.4) is 0 Å². The molecule has 1 spiro atoms. The van der Waals surface area contributed by atoms with Gasteiger partial charge in [0.1, 0.15) is 6.10 Å². The Hall–Kier alpha value is -2.03. The van der Waals surface area contributed by atoms with Crippen LogP contribution in [-0.4, -0.2) is 54.1 Å². The molecule has 2 aromatic rings. The van der Waals surface area contributed by atoms with E-state index < -0.39 is 15.6 Å². The number of aryl methyl sites for hydroxylation is 2. The van der Waals surface area contributed by atoms with E-state index in [1.165, 1.54) is 4.31 Å². The summed E-state index contributed by atoms with van der Waals surface area (Å²) in [6, 6.07) is 6.93. The Kier molecular flexibility index (Phi) is 4.65. The van der Waals surface area contributed by atoms with Gasteiger partial charge in [0, 0.05) is 32.1 Å². The first kappa shape index (κ1) is 18.3. The van der Waals surface area contributed by atoms with Crippen LogP contribution in [0.1, 0.15) is 24.1 Å². The average Bonchev–Trinajstić information content (AvgIpc) is 2.60. The van der Waals surface area contributed by atoms with Gasteiger partial charge in [-0.05, 0) is 26.0 Å². The molecular formula is C19H23N3O4S. The molecule has 1 aromatic carbocycles. The predicted octanol–water partition coefficient (Wildman–Crippen LogP) is 2.09. The highest BCUT2D eigenvalue weighted by molar-refractivity contribution is 7.89. The molecule has 0 aliphatic carbocycles. The Morgan fingerprint density at radius 3 is 2.63 bits per heavy atom. The second-order valence-electron chi connectivity index (χ2n) is 7.35. The Morgan fingerprint density at radius 2 is 1.93 bits per heavy atom. The lowest BCUT2D eigenvalue weighted by molar-refractivity contribution is -0.165. The summed E-state index contributed by atoms with van der Waals surface area (Å²) >= 11 is 0. The van der Waals surface area contributed by atoms with E-state index >= 15 is 0 Å². The van der Waals surface area contributed by atoms with Crippen LogP contribution in [-0.2, 0) is 14.8 Å². The molecule has 0 N–H and O–H groups in total. The SMILES string of the molecule is Cc1ccc(S(=O)(=O)N2CC3(C[C@H](Oc4cncc(C)n4)CCO3)C2)cc1. The van der Waals surface area contributed by atoms with Gasteiger partial charge in [0.15, 0.2) is 0 Å². The molecule has 2 aliphatic rings. The minimum absolute atomic E-state index is 0.0564. The van der Waals surface area contributed by atoms with Crippen molar-refractivity contribution in [3.63, 3.8) is 0 Å². The molecule has 1 atom stereocenters. The average molecular weight is 389 g/mol. The van der Waals surface area contributed by atoms with E-state index in [1.54, 1.807) is 24.5 Å². The summed E-state index contributed by atoms with van der Waals surface area (Å²) in [4.78, 5) is 8.75. The van der Waals surface area contributed by atoms with Gasteiger partial charge in [-0.25, -0.2) is 13.4 Å². The van der Waals surface area contributed by atoms with Crippen LogP contribution in [0.4, 0.5) is 0 Å². The number of hydrogen-bond donors (Lipinski definition) is 0. The monoisotopic (exact) mass is 389 g/mol. The first-order valence-electron chi connectivity index (χ1n) is 9.02. The summed E-state index contributed by atoms with van der Waals surface area (Å²) < 4.78 is 39.0. The molecule has 27 heavy (non-hydrogen) atoms. The number of sulfonamides is 1. The molecule has 0 unspecified atom stereocenters. The van der Waals surface area contributed by atoms with Crippen LogP contribution < -0.4 is 4.74 Å². The molecule has 0 bridgehead atoms. The summed E-state index contributed by atoms with van der Waals surface area (Å²) in [6.07, 6.45) is 4.62. The highest BCUT2D eigenvalue weighted by atomic mass is 32.2. The topological polar surface area (TPSA) is 81.6 Å². The molecule has 0 radical (unpaired) electrons. The van der Waals surface area contributed by atoms with Gasteiger partial charge < -0.3 is 9.47 Å². The summed E-state index contributed by atoms with van der Waals surface area (Å²) in [6.45, 7) is 5.04. The van der Waals surface area contributed by atoms with E-state index in [-0.39, 0.29) is 6.10 Å². The quantitative estimate of drug-likeness (QED) is 0.796. The maximum Gasteiger partial charge on any atom is 0.243 e. The molecule has 3 heterocycles. The summed E-state index contributed by atoms with van der Waals surface area (Å²) in [5, 5.41) is 0. The van der Waals surface area contributed by atoms with Crippen molar-refractivity contribution in [1.29, 1.82) is 0 Å². The van der Waals surface area contributed by atoms with E-state index in [4.69, 9.17) is 9.47 Å². The minimum Gasteiger partial charge on any atom is -0.473 e. The molecule has 2 saturated heterocycles. The van der Waals surface area contributed by atoms with Crippen molar-refractivity contribution in [2.24, 2.45) is 0 Å². The van der Waals surface area contributed by atoms with Crippen LogP contribution in [0.25, 0.3) is 0 Å². The summed E-state index contributed by atoms with van der Waals surface area (Å²) in [5.41, 5.74) is 1.36. The van der Waals surface area contributed by atoms with Crippen LogP contribution in [0, 0.1) is 13.8 Å². The fourth-order valence-corrected chi connectivity index (χ4v) is 5.19. The second-order valence-corrected chi connectivity index (χ2v) is 9.29. The molecule has 144 valence electrons. The van der Waals surface area contributed by atoms with E-state index in [2.05, 4.69) is 9.97 Å². The van der Waals surface area contributed by atoms with Gasteiger partial charge in [-0.3, -0.25) is 4.98 Å². The molecule has 0 amide bonds. The number of benzene rings is 1. The lowest BCUT2D eigenvalue weighted by Gasteiger charge is -2.51. The van der Waals surface area contributed by atoms with Gasteiger partial charge in [-0.1, -0.05) is 17.7 Å². The standard InChI is InChI=1S/C19H23N3O4S/c1-14-3-5-17(6-4-14)27(23,24)22-12-19(13-22)9-16(7-8-25-19)26-18-11-20-10-15(2)21-18/h3-6,10-11,16H,7-9,12-13H2,1-2H3/t16-/m1/s1. The van der Waals surface area contributed by atoms with Crippen molar-refractivity contribution in [3.8, 4) is 5.88 Å². The number of aromatic nitrogens is 2. The van der Waals surface area contributed by atoms with E-state index in [9.17, 15) is 8.42 Å². The molecule has 1 aromatic heterocycles. The normalized spacial score (nSPS) is 22.4.